The van der Waals surface area contributed by atoms with Crippen LogP contribution in [0.1, 0.15) is 12.5 Å². The normalized spacial score (nSPS) is 11.8. The molecule has 2 aromatic rings. The number of rotatable bonds is 4. The van der Waals surface area contributed by atoms with Crippen molar-refractivity contribution in [3.05, 3.63) is 66.2 Å². The van der Waals surface area contributed by atoms with E-state index in [4.69, 9.17) is 15.0 Å². The second-order valence-corrected chi connectivity index (χ2v) is 6.09. The zero-order valence-corrected chi connectivity index (χ0v) is 13.4. The van der Waals surface area contributed by atoms with E-state index >= 15 is 0 Å². The first-order valence-electron chi connectivity index (χ1n) is 6.79. The second kappa shape index (κ2) is 9.04. The van der Waals surface area contributed by atoms with E-state index in [-0.39, 0.29) is 10.9 Å². The van der Waals surface area contributed by atoms with E-state index in [0.717, 1.165) is 5.56 Å². The minimum Gasteiger partial charge on any atom is -0.460 e. The van der Waals surface area contributed by atoms with E-state index in [1.165, 1.54) is 12.1 Å². The van der Waals surface area contributed by atoms with Crippen molar-refractivity contribution in [2.45, 2.75) is 24.5 Å². The summed E-state index contributed by atoms with van der Waals surface area (Å²) >= 11 is 0. The summed E-state index contributed by atoms with van der Waals surface area (Å²) in [6, 6.07) is 16.4. The number of hydrogen-bond acceptors (Lipinski definition) is 5. The van der Waals surface area contributed by atoms with E-state index in [9.17, 15) is 13.2 Å². The molecule has 0 saturated heterocycles. The third-order valence-corrected chi connectivity index (χ3v) is 3.50. The lowest BCUT2D eigenvalue weighted by molar-refractivity contribution is -0.146. The molecular weight excluding hydrogens is 318 g/mol. The van der Waals surface area contributed by atoms with E-state index in [2.05, 4.69) is 0 Å². The Bertz CT molecular complexity index is 700. The molecule has 3 N–H and O–H groups in total. The first-order valence-corrected chi connectivity index (χ1v) is 8.23. The maximum absolute atomic E-state index is 11.0. The molecule has 0 aromatic heterocycles. The Morgan fingerprint density at radius 1 is 1.09 bits per heavy atom. The second-order valence-electron chi connectivity index (χ2n) is 4.67. The lowest BCUT2D eigenvalue weighted by Crippen LogP contribution is -2.28. The standard InChI is InChI=1S/C10H13NO2.C6H6O3S/c1-8(11)10(12)13-7-9-5-3-2-4-6-9;7-10(8,9)6-4-2-1-3-5-6/h2-6,8H,7,11H2,1H3;1-5H,(H,7,8,9)/t8-;/m1./s1. The number of esters is 1. The van der Waals surface area contributed by atoms with Crippen LogP contribution in [0.3, 0.4) is 0 Å². The van der Waals surface area contributed by atoms with Crippen molar-refractivity contribution in [2.75, 3.05) is 0 Å². The molecule has 124 valence electrons. The maximum Gasteiger partial charge on any atom is 0.322 e. The summed E-state index contributed by atoms with van der Waals surface area (Å²) in [4.78, 5) is 10.9. The Morgan fingerprint density at radius 3 is 1.96 bits per heavy atom. The van der Waals surface area contributed by atoms with Gasteiger partial charge in [0.15, 0.2) is 0 Å². The van der Waals surface area contributed by atoms with Gasteiger partial charge in [0.1, 0.15) is 12.6 Å². The third kappa shape index (κ3) is 7.55. The quantitative estimate of drug-likeness (QED) is 0.653. The highest BCUT2D eigenvalue weighted by Gasteiger charge is 2.08. The average molecular weight is 337 g/mol. The van der Waals surface area contributed by atoms with Gasteiger partial charge in [0.2, 0.25) is 0 Å². The van der Waals surface area contributed by atoms with Crippen LogP contribution in [0.4, 0.5) is 0 Å². The van der Waals surface area contributed by atoms with Gasteiger partial charge in [-0.3, -0.25) is 9.35 Å². The Morgan fingerprint density at radius 2 is 1.57 bits per heavy atom. The minimum atomic E-state index is -4.00. The smallest absolute Gasteiger partial charge is 0.322 e. The number of carbonyl (C=O) groups excluding carboxylic acids is 1. The highest BCUT2D eigenvalue weighted by atomic mass is 32.2. The lowest BCUT2D eigenvalue weighted by atomic mass is 10.2. The molecule has 0 radical (unpaired) electrons. The molecule has 6 nitrogen and oxygen atoms in total. The molecule has 2 aromatic carbocycles. The van der Waals surface area contributed by atoms with Gasteiger partial charge in [-0.2, -0.15) is 8.42 Å². The highest BCUT2D eigenvalue weighted by Crippen LogP contribution is 2.05. The molecule has 0 saturated carbocycles. The maximum atomic E-state index is 11.0. The Labute approximate surface area is 135 Å². The largest absolute Gasteiger partial charge is 0.460 e. The van der Waals surface area contributed by atoms with Gasteiger partial charge in [-0.1, -0.05) is 48.5 Å². The van der Waals surface area contributed by atoms with Crippen molar-refractivity contribution in [3.63, 3.8) is 0 Å². The fraction of sp³-hybridized carbons (Fsp3) is 0.188. The summed E-state index contributed by atoms with van der Waals surface area (Å²) in [5, 5.41) is 0. The van der Waals surface area contributed by atoms with Crippen LogP contribution in [0.25, 0.3) is 0 Å². The van der Waals surface area contributed by atoms with Crippen molar-refractivity contribution < 1.29 is 22.5 Å². The Hall–Kier alpha value is -2.22. The van der Waals surface area contributed by atoms with Crippen molar-refractivity contribution in [2.24, 2.45) is 5.73 Å². The van der Waals surface area contributed by atoms with Crippen LogP contribution in [0, 0.1) is 0 Å². The molecule has 0 fully saturated rings. The fourth-order valence-corrected chi connectivity index (χ4v) is 1.95. The average Bonchev–Trinajstić information content (AvgIpc) is 2.54. The van der Waals surface area contributed by atoms with Gasteiger partial charge >= 0.3 is 5.97 Å². The molecule has 1 atom stereocenters. The molecule has 0 bridgehead atoms. The van der Waals surface area contributed by atoms with Crippen LogP contribution in [0.2, 0.25) is 0 Å². The van der Waals surface area contributed by atoms with E-state index in [0.29, 0.717) is 6.61 Å². The van der Waals surface area contributed by atoms with Crippen molar-refractivity contribution >= 4 is 16.1 Å². The number of carbonyl (C=O) groups is 1. The fourth-order valence-electron chi connectivity index (χ4n) is 1.45. The van der Waals surface area contributed by atoms with Gasteiger partial charge in [-0.25, -0.2) is 0 Å². The van der Waals surface area contributed by atoms with Gasteiger partial charge in [-0.15, -0.1) is 0 Å². The van der Waals surface area contributed by atoms with Crippen molar-refractivity contribution in [1.29, 1.82) is 0 Å². The van der Waals surface area contributed by atoms with Gasteiger partial charge in [0, 0.05) is 0 Å². The SMILES string of the molecule is C[C@@H](N)C(=O)OCc1ccccc1.O=S(=O)(O)c1ccccc1. The first-order chi connectivity index (χ1) is 10.8. The van der Waals surface area contributed by atoms with Crippen LogP contribution in [0.15, 0.2) is 65.6 Å². The van der Waals surface area contributed by atoms with Crippen molar-refractivity contribution in [3.8, 4) is 0 Å². The Balaban J connectivity index is 0.000000238. The predicted molar refractivity (Wildman–Crippen MR) is 86.1 cm³/mol. The molecule has 0 spiro atoms. The lowest BCUT2D eigenvalue weighted by Gasteiger charge is -2.06. The summed E-state index contributed by atoms with van der Waals surface area (Å²) in [5.74, 6) is -0.371. The molecule has 0 aliphatic carbocycles. The number of hydrogen-bond donors (Lipinski definition) is 2. The number of nitrogens with two attached hydrogens (primary N) is 1. The zero-order valence-electron chi connectivity index (χ0n) is 12.6. The molecule has 0 heterocycles. The van der Waals surface area contributed by atoms with E-state index in [1.807, 2.05) is 30.3 Å². The number of benzene rings is 2. The first kappa shape index (κ1) is 18.8. The Kier molecular flexibility index (Phi) is 7.40. The van der Waals surface area contributed by atoms with Gasteiger partial charge in [-0.05, 0) is 24.6 Å². The summed E-state index contributed by atoms with van der Waals surface area (Å²) in [6.45, 7) is 1.90. The summed E-state index contributed by atoms with van der Waals surface area (Å²) in [7, 11) is -4.00. The van der Waals surface area contributed by atoms with Crippen LogP contribution in [0.5, 0.6) is 0 Å². The molecule has 7 heteroatoms. The summed E-state index contributed by atoms with van der Waals surface area (Å²) < 4.78 is 34.2. The highest BCUT2D eigenvalue weighted by molar-refractivity contribution is 7.85. The van der Waals surface area contributed by atoms with Crippen LogP contribution in [-0.2, 0) is 26.3 Å². The minimum absolute atomic E-state index is 0.0741. The molecule has 2 rings (SSSR count). The number of ether oxygens (including phenoxy) is 1. The molecule has 0 amide bonds. The topological polar surface area (TPSA) is 107 Å². The van der Waals surface area contributed by atoms with Crippen LogP contribution < -0.4 is 5.73 Å². The van der Waals surface area contributed by atoms with Gasteiger partial charge in [0.05, 0.1) is 4.90 Å². The van der Waals surface area contributed by atoms with Crippen LogP contribution in [-0.4, -0.2) is 25.0 Å². The predicted octanol–water partition coefficient (Wildman–Crippen LogP) is 2.01. The zero-order chi connectivity index (χ0) is 17.3. The molecule has 23 heavy (non-hydrogen) atoms. The molecule has 0 aliphatic heterocycles. The summed E-state index contributed by atoms with van der Waals surface area (Å²) in [6.07, 6.45) is 0. The van der Waals surface area contributed by atoms with E-state index in [1.54, 1.807) is 25.1 Å². The molecular formula is C16H19NO5S. The third-order valence-electron chi connectivity index (χ3n) is 2.64. The monoisotopic (exact) mass is 337 g/mol. The van der Waals surface area contributed by atoms with E-state index < -0.39 is 16.2 Å². The molecule has 0 unspecified atom stereocenters. The van der Waals surface area contributed by atoms with Crippen molar-refractivity contribution in [1.82, 2.24) is 0 Å². The van der Waals surface area contributed by atoms with Crippen LogP contribution >= 0.6 is 0 Å². The van der Waals surface area contributed by atoms with Gasteiger partial charge < -0.3 is 10.5 Å². The summed E-state index contributed by atoms with van der Waals surface area (Å²) in [5.41, 5.74) is 6.29. The van der Waals surface area contributed by atoms with Gasteiger partial charge in [0.25, 0.3) is 10.1 Å². The molecule has 0 aliphatic rings.